The molecule has 1 heterocycles. The Hall–Kier alpha value is -2.84. The number of nitrogens with one attached hydrogen (secondary N) is 3. The number of amides is 2. The number of hydrogen-bond donors (Lipinski definition) is 3. The van der Waals surface area contributed by atoms with Crippen LogP contribution in [0.15, 0.2) is 60.8 Å². The van der Waals surface area contributed by atoms with Crippen LogP contribution in [-0.4, -0.2) is 32.6 Å². The molecule has 0 atom stereocenters. The number of para-hydroxylation sites is 1. The Morgan fingerprint density at radius 1 is 1.00 bits per heavy atom. The van der Waals surface area contributed by atoms with Gasteiger partial charge in [-0.1, -0.05) is 42.5 Å². The molecule has 29 heavy (non-hydrogen) atoms. The Morgan fingerprint density at radius 2 is 1.79 bits per heavy atom. The van der Waals surface area contributed by atoms with Crippen molar-refractivity contribution >= 4 is 27.0 Å². The average Bonchev–Trinajstić information content (AvgIpc) is 3.13. The highest BCUT2D eigenvalue weighted by Gasteiger charge is 2.09. The molecule has 0 bridgehead atoms. The SMILES string of the molecule is CNS(=O)(=O)Cc1cccc(CNC(=O)NCCCn2ccc3ccccc32)c1. The molecule has 7 nitrogen and oxygen atoms in total. The molecule has 3 aromatic rings. The molecule has 0 radical (unpaired) electrons. The third-order valence-electron chi connectivity index (χ3n) is 4.65. The molecule has 8 heteroatoms. The molecule has 0 aliphatic carbocycles. The minimum absolute atomic E-state index is 0.0857. The molecule has 0 fully saturated rings. The summed E-state index contributed by atoms with van der Waals surface area (Å²) in [5.41, 5.74) is 2.72. The number of aromatic nitrogens is 1. The van der Waals surface area contributed by atoms with E-state index in [1.165, 1.54) is 18.0 Å². The number of hydrogen-bond acceptors (Lipinski definition) is 3. The Balaban J connectivity index is 1.41. The summed E-state index contributed by atoms with van der Waals surface area (Å²) in [6.07, 6.45) is 2.88. The third-order valence-corrected chi connectivity index (χ3v) is 5.99. The van der Waals surface area contributed by atoms with Crippen molar-refractivity contribution in [2.75, 3.05) is 13.6 Å². The molecular weight excluding hydrogens is 388 g/mol. The normalized spacial score (nSPS) is 11.5. The van der Waals surface area contributed by atoms with Crippen molar-refractivity contribution in [2.45, 2.75) is 25.3 Å². The molecule has 2 amide bonds. The zero-order valence-corrected chi connectivity index (χ0v) is 17.2. The van der Waals surface area contributed by atoms with Crippen LogP contribution in [0.4, 0.5) is 4.79 Å². The van der Waals surface area contributed by atoms with Gasteiger partial charge in [0, 0.05) is 31.3 Å². The van der Waals surface area contributed by atoms with Crippen LogP contribution in [0, 0.1) is 0 Å². The van der Waals surface area contributed by atoms with Crippen LogP contribution in [0.3, 0.4) is 0 Å². The molecule has 0 saturated carbocycles. The molecule has 3 N–H and O–H groups in total. The van der Waals surface area contributed by atoms with Crippen molar-refractivity contribution in [1.82, 2.24) is 19.9 Å². The number of sulfonamides is 1. The number of nitrogens with zero attached hydrogens (tertiary/aromatic N) is 1. The maximum Gasteiger partial charge on any atom is 0.315 e. The van der Waals surface area contributed by atoms with E-state index in [1.807, 2.05) is 18.2 Å². The first-order valence-corrected chi connectivity index (χ1v) is 11.2. The number of urea groups is 1. The Morgan fingerprint density at radius 3 is 2.62 bits per heavy atom. The largest absolute Gasteiger partial charge is 0.347 e. The predicted molar refractivity (Wildman–Crippen MR) is 115 cm³/mol. The number of benzene rings is 2. The number of rotatable bonds is 9. The maximum absolute atomic E-state index is 12.0. The first kappa shape index (κ1) is 20.9. The second kappa shape index (κ2) is 9.58. The van der Waals surface area contributed by atoms with Crippen molar-refractivity contribution in [1.29, 1.82) is 0 Å². The van der Waals surface area contributed by atoms with Gasteiger partial charge in [0.25, 0.3) is 0 Å². The summed E-state index contributed by atoms with van der Waals surface area (Å²) in [6, 6.07) is 17.2. The Kier molecular flexibility index (Phi) is 6.90. The number of aryl methyl sites for hydroxylation is 1. The maximum atomic E-state index is 12.0. The molecule has 0 aliphatic heterocycles. The smallest absolute Gasteiger partial charge is 0.315 e. The predicted octanol–water partition coefficient (Wildman–Crippen LogP) is 2.58. The highest BCUT2D eigenvalue weighted by atomic mass is 32.2. The zero-order chi connectivity index (χ0) is 20.7. The van der Waals surface area contributed by atoms with Crippen molar-refractivity contribution in [3.05, 3.63) is 71.9 Å². The highest BCUT2D eigenvalue weighted by Crippen LogP contribution is 2.15. The van der Waals surface area contributed by atoms with E-state index in [4.69, 9.17) is 0 Å². The van der Waals surface area contributed by atoms with E-state index in [-0.39, 0.29) is 11.8 Å². The lowest BCUT2D eigenvalue weighted by Crippen LogP contribution is -2.35. The van der Waals surface area contributed by atoms with Crippen LogP contribution >= 0.6 is 0 Å². The van der Waals surface area contributed by atoms with Crippen LogP contribution in [0.2, 0.25) is 0 Å². The van der Waals surface area contributed by atoms with Crippen LogP contribution in [0.5, 0.6) is 0 Å². The van der Waals surface area contributed by atoms with Gasteiger partial charge in [-0.25, -0.2) is 17.9 Å². The fourth-order valence-electron chi connectivity index (χ4n) is 3.15. The monoisotopic (exact) mass is 414 g/mol. The second-order valence-corrected chi connectivity index (χ2v) is 8.74. The summed E-state index contributed by atoms with van der Waals surface area (Å²) < 4.78 is 27.8. The minimum Gasteiger partial charge on any atom is -0.347 e. The van der Waals surface area contributed by atoms with Gasteiger partial charge in [-0.05, 0) is 42.1 Å². The molecule has 0 spiro atoms. The minimum atomic E-state index is -3.32. The molecule has 0 aliphatic rings. The highest BCUT2D eigenvalue weighted by molar-refractivity contribution is 7.88. The first-order valence-electron chi connectivity index (χ1n) is 9.51. The summed E-state index contributed by atoms with van der Waals surface area (Å²) in [7, 11) is -1.93. The van der Waals surface area contributed by atoms with Gasteiger partial charge in [-0.2, -0.15) is 0 Å². The van der Waals surface area contributed by atoms with Crippen LogP contribution < -0.4 is 15.4 Å². The fourth-order valence-corrected chi connectivity index (χ4v) is 3.92. The number of carbonyl (C=O) groups is 1. The third kappa shape index (κ3) is 6.07. The summed E-state index contributed by atoms with van der Waals surface area (Å²) >= 11 is 0. The quantitative estimate of drug-likeness (QED) is 0.470. The van der Waals surface area contributed by atoms with E-state index in [0.29, 0.717) is 18.7 Å². The van der Waals surface area contributed by atoms with Crippen LogP contribution in [-0.2, 0) is 28.9 Å². The molecule has 3 rings (SSSR count). The van der Waals surface area contributed by atoms with Gasteiger partial charge in [0.1, 0.15) is 0 Å². The topological polar surface area (TPSA) is 92.2 Å². The van der Waals surface area contributed by atoms with E-state index < -0.39 is 10.0 Å². The van der Waals surface area contributed by atoms with Crippen molar-refractivity contribution in [3.8, 4) is 0 Å². The van der Waals surface area contributed by atoms with Gasteiger partial charge in [0.05, 0.1) is 5.75 Å². The molecule has 0 unspecified atom stereocenters. The number of fused-ring (bicyclic) bond motifs is 1. The van der Waals surface area contributed by atoms with Crippen LogP contribution in [0.25, 0.3) is 10.9 Å². The van der Waals surface area contributed by atoms with Gasteiger partial charge in [0.2, 0.25) is 10.0 Å². The van der Waals surface area contributed by atoms with Gasteiger partial charge >= 0.3 is 6.03 Å². The van der Waals surface area contributed by atoms with Gasteiger partial charge < -0.3 is 15.2 Å². The fraction of sp³-hybridized carbons (Fsp3) is 0.286. The lowest BCUT2D eigenvalue weighted by atomic mass is 10.1. The average molecular weight is 415 g/mol. The Bertz CT molecular complexity index is 1080. The van der Waals surface area contributed by atoms with Gasteiger partial charge in [-0.15, -0.1) is 0 Å². The molecule has 1 aromatic heterocycles. The molecular formula is C21H26N4O3S. The van der Waals surface area contributed by atoms with E-state index >= 15 is 0 Å². The van der Waals surface area contributed by atoms with Gasteiger partial charge in [-0.3, -0.25) is 0 Å². The molecule has 0 saturated heterocycles. The standard InChI is InChI=1S/C21H26N4O3S/c1-22-29(27,28)16-18-7-4-6-17(14-18)15-24-21(26)23-11-5-12-25-13-10-19-8-2-3-9-20(19)25/h2-4,6-10,13-14,22H,5,11-12,15-16H2,1H3,(H2,23,24,26). The lowest BCUT2D eigenvalue weighted by molar-refractivity contribution is 0.240. The van der Waals surface area contributed by atoms with Gasteiger partial charge in [0.15, 0.2) is 0 Å². The van der Waals surface area contributed by atoms with E-state index in [1.54, 1.807) is 18.2 Å². The number of carbonyl (C=O) groups excluding carboxylic acids is 1. The van der Waals surface area contributed by atoms with E-state index in [2.05, 4.69) is 44.3 Å². The first-order chi connectivity index (χ1) is 14.0. The summed E-state index contributed by atoms with van der Waals surface area (Å²) in [5, 5.41) is 6.87. The molecule has 154 valence electrons. The summed E-state index contributed by atoms with van der Waals surface area (Å²) in [5.74, 6) is -0.0857. The van der Waals surface area contributed by atoms with Crippen molar-refractivity contribution < 1.29 is 13.2 Å². The van der Waals surface area contributed by atoms with Crippen molar-refractivity contribution in [3.63, 3.8) is 0 Å². The van der Waals surface area contributed by atoms with Crippen LogP contribution in [0.1, 0.15) is 17.5 Å². The summed E-state index contributed by atoms with van der Waals surface area (Å²) in [6.45, 7) is 1.73. The Labute approximate surface area is 171 Å². The van der Waals surface area contributed by atoms with Crippen molar-refractivity contribution in [2.24, 2.45) is 0 Å². The van der Waals surface area contributed by atoms with E-state index in [9.17, 15) is 13.2 Å². The second-order valence-electron chi connectivity index (χ2n) is 6.81. The molecule has 2 aromatic carbocycles. The summed E-state index contributed by atoms with van der Waals surface area (Å²) in [4.78, 5) is 12.0. The van der Waals surface area contributed by atoms with E-state index in [0.717, 1.165) is 18.5 Å². The lowest BCUT2D eigenvalue weighted by Gasteiger charge is -2.10. The zero-order valence-electron chi connectivity index (χ0n) is 16.4.